The molecule has 0 spiro atoms. The van der Waals surface area contributed by atoms with Crippen LogP contribution in [-0.2, 0) is 6.54 Å². The predicted octanol–water partition coefficient (Wildman–Crippen LogP) is 4.54. The Labute approximate surface area is 175 Å². The van der Waals surface area contributed by atoms with E-state index in [2.05, 4.69) is 15.0 Å². The summed E-state index contributed by atoms with van der Waals surface area (Å²) in [6.07, 6.45) is 1.33. The summed E-state index contributed by atoms with van der Waals surface area (Å²) in [5.41, 5.74) is 1.12. The van der Waals surface area contributed by atoms with Crippen LogP contribution < -0.4 is 20.3 Å². The van der Waals surface area contributed by atoms with Crippen LogP contribution in [0.3, 0.4) is 0 Å². The molecule has 1 aromatic heterocycles. The van der Waals surface area contributed by atoms with Crippen LogP contribution in [0.2, 0.25) is 0 Å². The van der Waals surface area contributed by atoms with Crippen LogP contribution in [0.25, 0.3) is 0 Å². The largest absolute Gasteiger partial charge is 0.490 e. The predicted molar refractivity (Wildman–Crippen MR) is 106 cm³/mol. The molecule has 0 radical (unpaired) electrons. The van der Waals surface area contributed by atoms with Crippen molar-refractivity contribution in [3.63, 3.8) is 0 Å². The molecule has 6 nitrogen and oxygen atoms in total. The van der Waals surface area contributed by atoms with E-state index in [0.717, 1.165) is 18.2 Å². The van der Waals surface area contributed by atoms with E-state index in [1.54, 1.807) is 19.9 Å². The van der Waals surface area contributed by atoms with Gasteiger partial charge in [-0.15, -0.1) is 0 Å². The smallest absolute Gasteiger partial charge is 0.387 e. The molecule has 1 heterocycles. The Morgan fingerprint density at radius 2 is 1.71 bits per heavy atom. The molecule has 0 unspecified atom stereocenters. The Kier molecular flexibility index (Phi) is 6.47. The molecule has 0 aliphatic rings. The van der Waals surface area contributed by atoms with Gasteiger partial charge in [-0.05, 0) is 42.7 Å². The molecule has 164 valence electrons. The van der Waals surface area contributed by atoms with Crippen molar-refractivity contribution in [2.75, 3.05) is 12.4 Å². The third-order valence-corrected chi connectivity index (χ3v) is 4.44. The van der Waals surface area contributed by atoms with E-state index in [9.17, 15) is 22.4 Å². The highest BCUT2D eigenvalue weighted by molar-refractivity contribution is 5.63. The minimum absolute atomic E-state index is 0.0189. The van der Waals surface area contributed by atoms with Crippen molar-refractivity contribution >= 4 is 11.6 Å². The molecule has 0 fully saturated rings. The average molecular weight is 437 g/mol. The van der Waals surface area contributed by atoms with Crippen molar-refractivity contribution in [1.82, 2.24) is 9.55 Å². The lowest BCUT2D eigenvalue weighted by molar-refractivity contribution is -0.0502. The van der Waals surface area contributed by atoms with Gasteiger partial charge < -0.3 is 19.4 Å². The van der Waals surface area contributed by atoms with Crippen molar-refractivity contribution in [3.8, 4) is 11.5 Å². The number of nitrogens with zero attached hydrogens (tertiary/aromatic N) is 2. The minimum atomic E-state index is -3.01. The molecule has 0 bridgehead atoms. The Morgan fingerprint density at radius 3 is 2.32 bits per heavy atom. The number of hydrogen-bond donors (Lipinski definition) is 1. The van der Waals surface area contributed by atoms with Gasteiger partial charge in [0.1, 0.15) is 17.4 Å². The first kappa shape index (κ1) is 22.1. The first-order valence-corrected chi connectivity index (χ1v) is 9.09. The topological polar surface area (TPSA) is 65.4 Å². The molecule has 31 heavy (non-hydrogen) atoms. The van der Waals surface area contributed by atoms with Crippen molar-refractivity contribution in [2.45, 2.75) is 27.0 Å². The molecule has 0 aliphatic carbocycles. The number of halogens is 4. The number of anilines is 2. The zero-order valence-corrected chi connectivity index (χ0v) is 16.9. The first-order chi connectivity index (χ1) is 14.7. The normalized spacial score (nSPS) is 11.0. The summed E-state index contributed by atoms with van der Waals surface area (Å²) in [4.78, 5) is 16.1. The fraction of sp³-hybridized carbons (Fsp3) is 0.238. The van der Waals surface area contributed by atoms with Crippen LogP contribution in [0.4, 0.5) is 29.2 Å². The van der Waals surface area contributed by atoms with Gasteiger partial charge in [-0.3, -0.25) is 4.79 Å². The number of ether oxygens (including phenoxy) is 2. The maximum absolute atomic E-state index is 13.6. The van der Waals surface area contributed by atoms with E-state index in [4.69, 9.17) is 4.74 Å². The van der Waals surface area contributed by atoms with Crippen molar-refractivity contribution in [2.24, 2.45) is 0 Å². The molecule has 0 saturated carbocycles. The number of nitrogens with one attached hydrogen (secondary N) is 1. The molecular weight excluding hydrogens is 418 g/mol. The summed E-state index contributed by atoms with van der Waals surface area (Å²) in [5, 5.41) is 2.91. The fourth-order valence-electron chi connectivity index (χ4n) is 3.04. The molecule has 3 rings (SSSR count). The van der Waals surface area contributed by atoms with Gasteiger partial charge in [0.2, 0.25) is 11.7 Å². The van der Waals surface area contributed by atoms with Gasteiger partial charge in [0.25, 0.3) is 0 Å². The number of aromatic nitrogens is 2. The quantitative estimate of drug-likeness (QED) is 0.550. The molecule has 3 aromatic rings. The van der Waals surface area contributed by atoms with E-state index in [0.29, 0.717) is 16.8 Å². The van der Waals surface area contributed by atoms with Crippen LogP contribution >= 0.6 is 0 Å². The summed E-state index contributed by atoms with van der Waals surface area (Å²) in [5.74, 6) is -1.62. The molecule has 1 N–H and O–H groups in total. The fourth-order valence-corrected chi connectivity index (χ4v) is 3.04. The molecule has 0 aliphatic heterocycles. The zero-order chi connectivity index (χ0) is 22.7. The van der Waals surface area contributed by atoms with E-state index in [-0.39, 0.29) is 29.6 Å². The number of alkyl halides is 2. The second kappa shape index (κ2) is 9.07. The maximum Gasteiger partial charge on any atom is 0.387 e. The highest BCUT2D eigenvalue weighted by atomic mass is 19.3. The zero-order valence-electron chi connectivity index (χ0n) is 16.9. The summed E-state index contributed by atoms with van der Waals surface area (Å²) in [6.45, 7) is 0.296. The molecule has 0 amide bonds. The molecule has 2 aromatic carbocycles. The van der Waals surface area contributed by atoms with E-state index in [1.807, 2.05) is 0 Å². The summed E-state index contributed by atoms with van der Waals surface area (Å²) in [7, 11) is 1.29. The van der Waals surface area contributed by atoms with Gasteiger partial charge in [-0.1, -0.05) is 6.07 Å². The van der Waals surface area contributed by atoms with Gasteiger partial charge in [-0.2, -0.15) is 13.8 Å². The van der Waals surface area contributed by atoms with Gasteiger partial charge in [0.15, 0.2) is 0 Å². The Hall–Kier alpha value is -3.56. The van der Waals surface area contributed by atoms with Crippen LogP contribution in [-0.4, -0.2) is 23.3 Å². The second-order valence-electron chi connectivity index (χ2n) is 6.78. The number of methoxy groups -OCH3 is 1. The van der Waals surface area contributed by atoms with Crippen LogP contribution in [0, 0.1) is 25.5 Å². The van der Waals surface area contributed by atoms with E-state index < -0.39 is 23.8 Å². The van der Waals surface area contributed by atoms with Crippen LogP contribution in [0.15, 0.2) is 41.3 Å². The lowest BCUT2D eigenvalue weighted by Crippen LogP contribution is -2.19. The standard InChI is InChI=1S/C21H19F4N3O3/c1-11-4-12(2)17(31-20(24)25)8-16(11)26-21-27-19(29)18(30-3)10-28(21)9-13-5-14(22)7-15(23)6-13/h4-8,10,20H,9H2,1-3H3,(H,26,27,29). The number of benzene rings is 2. The average Bonchev–Trinajstić information content (AvgIpc) is 2.66. The highest BCUT2D eigenvalue weighted by Gasteiger charge is 2.15. The second-order valence-corrected chi connectivity index (χ2v) is 6.78. The summed E-state index contributed by atoms with van der Waals surface area (Å²) >= 11 is 0. The number of rotatable bonds is 7. The highest BCUT2D eigenvalue weighted by Crippen LogP contribution is 2.30. The van der Waals surface area contributed by atoms with Crippen LogP contribution in [0.1, 0.15) is 16.7 Å². The van der Waals surface area contributed by atoms with Crippen LogP contribution in [0.5, 0.6) is 11.5 Å². The molecule has 0 atom stereocenters. The van der Waals surface area contributed by atoms with E-state index in [1.165, 1.54) is 23.9 Å². The lowest BCUT2D eigenvalue weighted by Gasteiger charge is -2.18. The van der Waals surface area contributed by atoms with Gasteiger partial charge >= 0.3 is 12.2 Å². The van der Waals surface area contributed by atoms with Gasteiger partial charge in [0, 0.05) is 17.8 Å². The number of aryl methyl sites for hydroxylation is 2. The monoisotopic (exact) mass is 437 g/mol. The lowest BCUT2D eigenvalue weighted by atomic mass is 10.1. The first-order valence-electron chi connectivity index (χ1n) is 9.09. The molecule has 0 saturated heterocycles. The van der Waals surface area contributed by atoms with E-state index >= 15 is 0 Å². The number of hydrogen-bond acceptors (Lipinski definition) is 5. The maximum atomic E-state index is 13.6. The third kappa shape index (κ3) is 5.33. The van der Waals surface area contributed by atoms with Gasteiger partial charge in [0.05, 0.1) is 19.9 Å². The minimum Gasteiger partial charge on any atom is -0.490 e. The molecule has 10 heteroatoms. The Bertz CT molecular complexity index is 1150. The van der Waals surface area contributed by atoms with Crippen molar-refractivity contribution in [1.29, 1.82) is 0 Å². The molecular formula is C21H19F4N3O3. The summed E-state index contributed by atoms with van der Waals surface area (Å²) < 4.78 is 63.5. The van der Waals surface area contributed by atoms with Gasteiger partial charge in [-0.25, -0.2) is 8.78 Å². The Morgan fingerprint density at radius 1 is 1.03 bits per heavy atom. The van der Waals surface area contributed by atoms with Crippen molar-refractivity contribution < 1.29 is 27.0 Å². The Balaban J connectivity index is 2.04. The SMILES string of the molecule is COc1cn(Cc2cc(F)cc(F)c2)c(Nc2cc(OC(F)F)c(C)cc2C)nc1=O. The van der Waals surface area contributed by atoms with Crippen molar-refractivity contribution in [3.05, 3.63) is 75.2 Å². The summed E-state index contributed by atoms with van der Waals surface area (Å²) in [6, 6.07) is 6.02. The third-order valence-electron chi connectivity index (χ3n) is 4.44.